The Morgan fingerprint density at radius 2 is 2.00 bits per heavy atom. The fraction of sp³-hybridized carbons (Fsp3) is 0.286. The number of rotatable bonds is 5. The average Bonchev–Trinajstić information content (AvgIpc) is 2.70. The van der Waals surface area contributed by atoms with Crippen LogP contribution in [0.2, 0.25) is 0 Å². The number of methoxy groups -OCH3 is 1. The number of aryl methyl sites for hydroxylation is 1. The number of hydrogen-bond donors (Lipinski definition) is 1. The molecule has 0 spiro atoms. The summed E-state index contributed by atoms with van der Waals surface area (Å²) >= 11 is 1.43. The summed E-state index contributed by atoms with van der Waals surface area (Å²) < 4.78 is 6.44. The molecule has 1 unspecified atom stereocenters. The summed E-state index contributed by atoms with van der Waals surface area (Å²) in [6.07, 6.45) is 1.90. The van der Waals surface area contributed by atoms with Crippen LogP contribution in [-0.2, 0) is 11.8 Å². The molecular weight excluding hydrogens is 374 g/mol. The van der Waals surface area contributed by atoms with Crippen molar-refractivity contribution in [1.29, 1.82) is 0 Å². The number of ether oxygens (including phenoxy) is 1. The molecule has 0 amide bonds. The Bertz CT molecular complexity index is 1110. The molecule has 6 nitrogen and oxygen atoms in total. The molecule has 0 fully saturated rings. The van der Waals surface area contributed by atoms with Crippen molar-refractivity contribution in [2.75, 3.05) is 18.7 Å². The van der Waals surface area contributed by atoms with Gasteiger partial charge >= 0.3 is 5.97 Å². The first-order chi connectivity index (χ1) is 13.4. The maximum Gasteiger partial charge on any atom is 0.339 e. The van der Waals surface area contributed by atoms with Crippen molar-refractivity contribution < 1.29 is 9.53 Å². The second-order valence-electron chi connectivity index (χ2n) is 6.62. The number of fused-ring (bicyclic) bond motifs is 1. The highest BCUT2D eigenvalue weighted by Gasteiger charge is 2.18. The molecule has 0 saturated carbocycles. The van der Waals surface area contributed by atoms with E-state index in [9.17, 15) is 9.59 Å². The quantitative estimate of drug-likeness (QED) is 0.400. The lowest BCUT2D eigenvalue weighted by molar-refractivity contribution is 0.0602. The van der Waals surface area contributed by atoms with Crippen LogP contribution >= 0.6 is 11.8 Å². The van der Waals surface area contributed by atoms with Crippen LogP contribution in [0, 0.1) is 6.92 Å². The number of nitrogens with one attached hydrogen (secondary N) is 1. The number of esters is 1. The van der Waals surface area contributed by atoms with Gasteiger partial charge in [0.1, 0.15) is 0 Å². The molecule has 2 aromatic carbocycles. The van der Waals surface area contributed by atoms with E-state index in [1.807, 2.05) is 44.4 Å². The normalized spacial score (nSPS) is 12.0. The van der Waals surface area contributed by atoms with E-state index in [1.54, 1.807) is 23.7 Å². The van der Waals surface area contributed by atoms with Crippen LogP contribution in [0.15, 0.2) is 46.3 Å². The smallest absolute Gasteiger partial charge is 0.339 e. The number of para-hydroxylation sites is 1. The molecule has 0 aliphatic heterocycles. The lowest BCUT2D eigenvalue weighted by atomic mass is 10.0. The number of thioether (sulfide) groups is 1. The Morgan fingerprint density at radius 3 is 2.68 bits per heavy atom. The van der Waals surface area contributed by atoms with E-state index in [0.717, 1.165) is 11.1 Å². The minimum atomic E-state index is -0.402. The van der Waals surface area contributed by atoms with Crippen molar-refractivity contribution >= 4 is 34.3 Å². The fourth-order valence-electron chi connectivity index (χ4n) is 3.25. The Hall–Kier alpha value is -2.80. The third-order valence-electron chi connectivity index (χ3n) is 4.67. The van der Waals surface area contributed by atoms with Crippen molar-refractivity contribution in [3.63, 3.8) is 0 Å². The number of aromatic nitrogens is 2. The van der Waals surface area contributed by atoms with Crippen LogP contribution in [0.1, 0.15) is 34.5 Å². The fourth-order valence-corrected chi connectivity index (χ4v) is 3.79. The average molecular weight is 398 g/mol. The summed E-state index contributed by atoms with van der Waals surface area (Å²) in [7, 11) is 3.09. The molecule has 28 heavy (non-hydrogen) atoms. The number of benzene rings is 2. The van der Waals surface area contributed by atoms with E-state index in [-0.39, 0.29) is 11.6 Å². The Balaban J connectivity index is 2.13. The third kappa shape index (κ3) is 3.62. The molecule has 7 heteroatoms. The summed E-state index contributed by atoms with van der Waals surface area (Å²) in [5, 5.41) is 4.62. The van der Waals surface area contributed by atoms with Gasteiger partial charge in [-0.1, -0.05) is 30.0 Å². The van der Waals surface area contributed by atoms with Crippen LogP contribution in [0.4, 0.5) is 5.69 Å². The number of anilines is 1. The maximum absolute atomic E-state index is 12.8. The van der Waals surface area contributed by atoms with Gasteiger partial charge in [0.2, 0.25) is 0 Å². The number of carbonyl (C=O) groups excluding carboxylic acids is 1. The van der Waals surface area contributed by atoms with Gasteiger partial charge in [-0.2, -0.15) is 0 Å². The van der Waals surface area contributed by atoms with Gasteiger partial charge < -0.3 is 10.1 Å². The number of hydrogen-bond acceptors (Lipinski definition) is 6. The summed E-state index contributed by atoms with van der Waals surface area (Å²) in [5.41, 5.74) is 3.62. The van der Waals surface area contributed by atoms with E-state index in [0.29, 0.717) is 27.3 Å². The summed E-state index contributed by atoms with van der Waals surface area (Å²) in [5.74, 6) is -0.402. The molecule has 0 radical (unpaired) electrons. The number of carbonyl (C=O) groups is 1. The zero-order valence-electron chi connectivity index (χ0n) is 16.6. The first kappa shape index (κ1) is 19.9. The third-order valence-corrected chi connectivity index (χ3v) is 5.40. The van der Waals surface area contributed by atoms with E-state index in [2.05, 4.69) is 5.32 Å². The zero-order chi connectivity index (χ0) is 20.4. The van der Waals surface area contributed by atoms with Gasteiger partial charge in [0, 0.05) is 18.3 Å². The van der Waals surface area contributed by atoms with Crippen LogP contribution in [0.5, 0.6) is 0 Å². The predicted octanol–water partition coefficient (Wildman–Crippen LogP) is 3.92. The Morgan fingerprint density at radius 1 is 1.29 bits per heavy atom. The highest BCUT2D eigenvalue weighted by Crippen LogP contribution is 2.28. The monoisotopic (exact) mass is 397 g/mol. The van der Waals surface area contributed by atoms with Gasteiger partial charge in [-0.3, -0.25) is 9.36 Å². The van der Waals surface area contributed by atoms with Crippen LogP contribution < -0.4 is 10.9 Å². The van der Waals surface area contributed by atoms with Gasteiger partial charge in [0.25, 0.3) is 5.56 Å². The first-order valence-electron chi connectivity index (χ1n) is 8.86. The maximum atomic E-state index is 12.8. The molecule has 3 rings (SSSR count). The van der Waals surface area contributed by atoms with Crippen molar-refractivity contribution in [2.45, 2.75) is 25.0 Å². The van der Waals surface area contributed by atoms with Crippen molar-refractivity contribution in [1.82, 2.24) is 9.55 Å². The molecule has 146 valence electrons. The minimum Gasteiger partial charge on any atom is -0.465 e. The largest absolute Gasteiger partial charge is 0.465 e. The standard InChI is InChI=1S/C21H23N3O3S/c1-12-10-15(18-16(11-12)19(25)24(3)21(23-18)28-5)13(2)22-17-9-7-6-8-14(17)20(26)27-4/h6-11,13,22H,1-5H3. The molecule has 0 aliphatic carbocycles. The van der Waals surface area contributed by atoms with Gasteiger partial charge in [0.05, 0.1) is 29.6 Å². The van der Waals surface area contributed by atoms with Gasteiger partial charge in [-0.05, 0) is 43.9 Å². The molecule has 1 atom stereocenters. The second kappa shape index (κ2) is 8.06. The Labute approximate surface area is 167 Å². The summed E-state index contributed by atoms with van der Waals surface area (Å²) in [4.78, 5) is 29.6. The molecule has 1 heterocycles. The lowest BCUT2D eigenvalue weighted by Crippen LogP contribution is -2.21. The highest BCUT2D eigenvalue weighted by molar-refractivity contribution is 7.98. The Kier molecular flexibility index (Phi) is 5.74. The molecule has 3 aromatic rings. The van der Waals surface area contributed by atoms with Crippen LogP contribution in [0.25, 0.3) is 10.9 Å². The molecular formula is C21H23N3O3S. The molecule has 0 aliphatic rings. The topological polar surface area (TPSA) is 73.2 Å². The molecule has 1 aromatic heterocycles. The number of nitrogens with zero attached hydrogens (tertiary/aromatic N) is 2. The molecule has 1 N–H and O–H groups in total. The minimum absolute atomic E-state index is 0.0681. The molecule has 0 bridgehead atoms. The zero-order valence-corrected chi connectivity index (χ0v) is 17.4. The van der Waals surface area contributed by atoms with Crippen molar-refractivity contribution in [2.24, 2.45) is 7.05 Å². The molecule has 0 saturated heterocycles. The van der Waals surface area contributed by atoms with Crippen molar-refractivity contribution in [3.8, 4) is 0 Å². The van der Waals surface area contributed by atoms with E-state index in [1.165, 1.54) is 18.9 Å². The first-order valence-corrected chi connectivity index (χ1v) is 10.1. The van der Waals surface area contributed by atoms with Crippen molar-refractivity contribution in [3.05, 3.63) is 63.4 Å². The lowest BCUT2D eigenvalue weighted by Gasteiger charge is -2.20. The van der Waals surface area contributed by atoms with Crippen LogP contribution in [0.3, 0.4) is 0 Å². The summed E-state index contributed by atoms with van der Waals surface area (Å²) in [6, 6.07) is 10.9. The van der Waals surface area contributed by atoms with Gasteiger partial charge in [-0.25, -0.2) is 9.78 Å². The van der Waals surface area contributed by atoms with Crippen LogP contribution in [-0.4, -0.2) is 28.9 Å². The summed E-state index contributed by atoms with van der Waals surface area (Å²) in [6.45, 7) is 3.94. The predicted molar refractivity (Wildman–Crippen MR) is 113 cm³/mol. The SMILES string of the molecule is COC(=O)c1ccccc1NC(C)c1cc(C)cc2c(=O)n(C)c(SC)nc12. The van der Waals surface area contributed by atoms with E-state index >= 15 is 0 Å². The van der Waals surface area contributed by atoms with Gasteiger partial charge in [-0.15, -0.1) is 0 Å². The van der Waals surface area contributed by atoms with E-state index < -0.39 is 5.97 Å². The van der Waals surface area contributed by atoms with Gasteiger partial charge in [0.15, 0.2) is 5.16 Å². The van der Waals surface area contributed by atoms with E-state index in [4.69, 9.17) is 9.72 Å². The second-order valence-corrected chi connectivity index (χ2v) is 7.39. The highest BCUT2D eigenvalue weighted by atomic mass is 32.2.